The van der Waals surface area contributed by atoms with Gasteiger partial charge in [-0.1, -0.05) is 82.0 Å². The fraction of sp³-hybridized carbons (Fsp3) is 0.846. The molecule has 0 radical (unpaired) electrons. The third-order valence-corrected chi connectivity index (χ3v) is 10.1. The second-order valence-corrected chi connectivity index (χ2v) is 12.7. The van der Waals surface area contributed by atoms with Crippen molar-refractivity contribution in [1.82, 2.24) is 9.88 Å². The molecule has 1 aromatic rings. The maximum atomic E-state index is 12.8. The van der Waals surface area contributed by atoms with Crippen molar-refractivity contribution in [2.75, 3.05) is 30.7 Å². The molecule has 32 heavy (non-hydrogen) atoms. The zero-order chi connectivity index (χ0) is 22.0. The molecule has 1 amide bonds. The van der Waals surface area contributed by atoms with Gasteiger partial charge < -0.3 is 10.2 Å². The zero-order valence-electron chi connectivity index (χ0n) is 19.9. The molecule has 1 aromatic heterocycles. The average molecular weight is 478 g/mol. The first-order chi connectivity index (χ1) is 15.8. The van der Waals surface area contributed by atoms with Gasteiger partial charge in [-0.25, -0.2) is 4.98 Å². The molecule has 0 aromatic carbocycles. The van der Waals surface area contributed by atoms with Crippen LogP contribution >= 0.6 is 23.1 Å². The molecule has 0 atom stereocenters. The second-order valence-electron chi connectivity index (χ2n) is 10.3. The fourth-order valence-corrected chi connectivity index (χ4v) is 8.27. The normalized spacial score (nSPS) is 21.8. The highest BCUT2D eigenvalue weighted by molar-refractivity contribution is 8.01. The summed E-state index contributed by atoms with van der Waals surface area (Å²) in [5, 5.41) is 3.89. The molecular weight excluding hydrogens is 434 g/mol. The van der Waals surface area contributed by atoms with Gasteiger partial charge in [0.05, 0.1) is 10.4 Å². The summed E-state index contributed by atoms with van der Waals surface area (Å²) < 4.78 is 1.22. The van der Waals surface area contributed by atoms with Crippen LogP contribution in [-0.4, -0.2) is 41.2 Å². The van der Waals surface area contributed by atoms with Gasteiger partial charge in [-0.2, -0.15) is 0 Å². The van der Waals surface area contributed by atoms with Gasteiger partial charge in [-0.3, -0.25) is 4.79 Å². The lowest BCUT2D eigenvalue weighted by Crippen LogP contribution is -2.31. The number of piperidine rings is 1. The van der Waals surface area contributed by atoms with Crippen LogP contribution < -0.4 is 5.32 Å². The smallest absolute Gasteiger partial charge is 0.226 e. The number of hydrogen-bond acceptors (Lipinski definition) is 5. The molecule has 6 heteroatoms. The quantitative estimate of drug-likeness (QED) is 0.361. The van der Waals surface area contributed by atoms with E-state index in [-0.39, 0.29) is 5.91 Å². The van der Waals surface area contributed by atoms with E-state index in [1.54, 1.807) is 11.3 Å². The van der Waals surface area contributed by atoms with Crippen LogP contribution in [0.25, 0.3) is 0 Å². The molecule has 1 saturated heterocycles. The lowest BCUT2D eigenvalue weighted by atomic mass is 9.68. The van der Waals surface area contributed by atoms with E-state index >= 15 is 0 Å². The Balaban J connectivity index is 1.20. The summed E-state index contributed by atoms with van der Waals surface area (Å²) in [7, 11) is 0. The lowest BCUT2D eigenvalue weighted by molar-refractivity contribution is -0.116. The van der Waals surface area contributed by atoms with Gasteiger partial charge in [0.1, 0.15) is 0 Å². The summed E-state index contributed by atoms with van der Waals surface area (Å²) in [6, 6.07) is 0. The molecule has 0 spiro atoms. The van der Waals surface area contributed by atoms with Crippen molar-refractivity contribution in [2.24, 2.45) is 17.8 Å². The molecule has 2 heterocycles. The van der Waals surface area contributed by atoms with Crippen LogP contribution in [0.1, 0.15) is 96.3 Å². The molecule has 2 aliphatic carbocycles. The molecule has 4 rings (SSSR count). The molecule has 1 N–H and O–H groups in total. The molecule has 3 aliphatic rings. The van der Waals surface area contributed by atoms with E-state index in [1.165, 1.54) is 101 Å². The minimum atomic E-state index is 0.167. The maximum absolute atomic E-state index is 12.8. The van der Waals surface area contributed by atoms with E-state index in [1.807, 2.05) is 18.0 Å². The van der Waals surface area contributed by atoms with Crippen LogP contribution in [-0.2, 0) is 4.79 Å². The molecule has 180 valence electrons. The van der Waals surface area contributed by atoms with Crippen molar-refractivity contribution >= 4 is 34.1 Å². The van der Waals surface area contributed by atoms with Crippen molar-refractivity contribution in [2.45, 2.75) is 101 Å². The Labute approximate surface area is 203 Å². The van der Waals surface area contributed by atoms with Crippen LogP contribution in [0.2, 0.25) is 0 Å². The summed E-state index contributed by atoms with van der Waals surface area (Å²) >= 11 is 3.52. The summed E-state index contributed by atoms with van der Waals surface area (Å²) in [6.45, 7) is 3.68. The Bertz CT molecular complexity index is 658. The molecule has 4 nitrogen and oxygen atoms in total. The number of amides is 1. The van der Waals surface area contributed by atoms with Crippen molar-refractivity contribution in [3.63, 3.8) is 0 Å². The van der Waals surface area contributed by atoms with Crippen LogP contribution in [0.5, 0.6) is 0 Å². The lowest BCUT2D eigenvalue weighted by Gasteiger charge is -2.38. The van der Waals surface area contributed by atoms with E-state index in [4.69, 9.17) is 0 Å². The third-order valence-electron chi connectivity index (χ3n) is 8.05. The Morgan fingerprint density at radius 2 is 1.62 bits per heavy atom. The molecule has 1 aliphatic heterocycles. The van der Waals surface area contributed by atoms with Crippen molar-refractivity contribution in [1.29, 1.82) is 0 Å². The molecular formula is C26H43N3OS2. The van der Waals surface area contributed by atoms with Gasteiger partial charge in [-0.05, 0) is 50.1 Å². The number of nitrogens with one attached hydrogen (secondary N) is 1. The van der Waals surface area contributed by atoms with E-state index < -0.39 is 0 Å². The molecule has 0 unspecified atom stereocenters. The minimum absolute atomic E-state index is 0.167. The Hall–Kier alpha value is -0.590. The van der Waals surface area contributed by atoms with Crippen LogP contribution in [0.4, 0.5) is 5.13 Å². The SMILES string of the molecule is O=C(CCC(C1CCCCC1)C1CCCCC1)Nc1ncc(SCCN2CCCCC2)s1. The fourth-order valence-electron chi connectivity index (χ4n) is 6.30. The standard InChI is InChI=1S/C26H43N3OS2/c30-24(15-14-23(21-10-4-1-5-11-21)22-12-6-2-7-13-22)28-26-27-20-25(32-26)31-19-18-29-16-8-3-9-17-29/h20-23H,1-19H2,(H,27,28,30). The van der Waals surface area contributed by atoms with Crippen molar-refractivity contribution in [3.05, 3.63) is 6.20 Å². The largest absolute Gasteiger partial charge is 0.303 e. The van der Waals surface area contributed by atoms with Crippen LogP contribution in [0, 0.1) is 17.8 Å². The Morgan fingerprint density at radius 3 is 2.28 bits per heavy atom. The van der Waals surface area contributed by atoms with Gasteiger partial charge in [-0.15, -0.1) is 11.8 Å². The summed E-state index contributed by atoms with van der Waals surface area (Å²) in [6.07, 6.45) is 21.8. The zero-order valence-corrected chi connectivity index (χ0v) is 21.5. The number of hydrogen-bond donors (Lipinski definition) is 1. The highest BCUT2D eigenvalue weighted by Crippen LogP contribution is 2.42. The summed E-state index contributed by atoms with van der Waals surface area (Å²) in [5.74, 6) is 3.77. The van der Waals surface area contributed by atoms with E-state index in [0.29, 0.717) is 6.42 Å². The number of thiazole rings is 1. The number of likely N-dealkylation sites (tertiary alicyclic amines) is 1. The number of thioether (sulfide) groups is 1. The first kappa shape index (κ1) is 24.5. The summed E-state index contributed by atoms with van der Waals surface area (Å²) in [4.78, 5) is 19.8. The van der Waals surface area contributed by atoms with Gasteiger partial charge in [0.25, 0.3) is 0 Å². The number of rotatable bonds is 10. The van der Waals surface area contributed by atoms with Gasteiger partial charge in [0.15, 0.2) is 5.13 Å². The van der Waals surface area contributed by atoms with Crippen LogP contribution in [0.15, 0.2) is 10.4 Å². The molecule has 0 bridgehead atoms. The highest BCUT2D eigenvalue weighted by Gasteiger charge is 2.31. The van der Waals surface area contributed by atoms with E-state index in [0.717, 1.165) is 41.6 Å². The van der Waals surface area contributed by atoms with E-state index in [9.17, 15) is 4.79 Å². The topological polar surface area (TPSA) is 45.2 Å². The van der Waals surface area contributed by atoms with Crippen molar-refractivity contribution in [3.8, 4) is 0 Å². The molecule has 3 fully saturated rings. The summed E-state index contributed by atoms with van der Waals surface area (Å²) in [5.41, 5.74) is 0. The number of carbonyl (C=O) groups excluding carboxylic acids is 1. The first-order valence-electron chi connectivity index (χ1n) is 13.4. The number of aromatic nitrogens is 1. The maximum Gasteiger partial charge on any atom is 0.226 e. The van der Waals surface area contributed by atoms with Crippen LogP contribution in [0.3, 0.4) is 0 Å². The predicted molar refractivity (Wildman–Crippen MR) is 138 cm³/mol. The minimum Gasteiger partial charge on any atom is -0.303 e. The van der Waals surface area contributed by atoms with Gasteiger partial charge >= 0.3 is 0 Å². The van der Waals surface area contributed by atoms with Gasteiger partial charge in [0, 0.05) is 18.7 Å². The Kier molecular flexibility index (Phi) is 10.2. The third kappa shape index (κ3) is 7.73. The number of nitrogens with zero attached hydrogens (tertiary/aromatic N) is 2. The van der Waals surface area contributed by atoms with Crippen molar-refractivity contribution < 1.29 is 4.79 Å². The van der Waals surface area contributed by atoms with E-state index in [2.05, 4.69) is 15.2 Å². The predicted octanol–water partition coefficient (Wildman–Crippen LogP) is 7.22. The number of anilines is 1. The Morgan fingerprint density at radius 1 is 1.00 bits per heavy atom. The first-order valence-corrected chi connectivity index (χ1v) is 15.2. The highest BCUT2D eigenvalue weighted by atomic mass is 32.2. The van der Waals surface area contributed by atoms with Gasteiger partial charge in [0.2, 0.25) is 5.91 Å². The average Bonchev–Trinajstić information content (AvgIpc) is 3.28. The monoisotopic (exact) mass is 477 g/mol. The number of carbonyl (C=O) groups is 1. The second kappa shape index (κ2) is 13.3. The molecule has 2 saturated carbocycles.